The third kappa shape index (κ3) is 5.91. The number of carbonyl (C=O) groups excluding carboxylic acids is 1. The Morgan fingerprint density at radius 2 is 1.76 bits per heavy atom. The van der Waals surface area contributed by atoms with E-state index in [4.69, 9.17) is 9.84 Å². The number of benzene rings is 2. The lowest BCUT2D eigenvalue weighted by atomic mass is 10.0. The number of hydrogen-bond acceptors (Lipinski definition) is 3. The van der Waals surface area contributed by atoms with E-state index in [1.165, 1.54) is 24.3 Å². The standard InChI is InChI=1S/C19H20FNO4/c1-2-25-16-9-5-14(6-10-16)17(12-19(23)24)21-18(22)11-13-3-7-15(20)8-4-13/h3-10,17H,2,11-12H2,1H3,(H,21,22)(H,23,24)/t17-/m0/s1. The number of carbonyl (C=O) groups is 2. The summed E-state index contributed by atoms with van der Waals surface area (Å²) in [5, 5.41) is 11.8. The van der Waals surface area contributed by atoms with Gasteiger partial charge in [0.25, 0.3) is 0 Å². The second-order valence-corrected chi connectivity index (χ2v) is 5.52. The summed E-state index contributed by atoms with van der Waals surface area (Å²) in [7, 11) is 0. The molecular formula is C19H20FNO4. The third-order valence-electron chi connectivity index (χ3n) is 3.59. The minimum atomic E-state index is -1.01. The lowest BCUT2D eigenvalue weighted by Gasteiger charge is -2.18. The summed E-state index contributed by atoms with van der Waals surface area (Å²) in [5.74, 6) is -1.03. The van der Waals surface area contributed by atoms with Gasteiger partial charge in [-0.25, -0.2) is 4.39 Å². The lowest BCUT2D eigenvalue weighted by molar-refractivity contribution is -0.137. The highest BCUT2D eigenvalue weighted by atomic mass is 19.1. The second-order valence-electron chi connectivity index (χ2n) is 5.52. The second kappa shape index (κ2) is 8.82. The van der Waals surface area contributed by atoms with Crippen LogP contribution in [0.4, 0.5) is 4.39 Å². The van der Waals surface area contributed by atoms with Gasteiger partial charge in [-0.15, -0.1) is 0 Å². The predicted octanol–water partition coefficient (Wildman–Crippen LogP) is 3.10. The Balaban J connectivity index is 2.07. The average Bonchev–Trinajstić information content (AvgIpc) is 2.57. The first-order valence-electron chi connectivity index (χ1n) is 7.96. The minimum absolute atomic E-state index is 0.0490. The van der Waals surface area contributed by atoms with Crippen LogP contribution in [0.3, 0.4) is 0 Å². The monoisotopic (exact) mass is 345 g/mol. The topological polar surface area (TPSA) is 75.6 Å². The molecule has 25 heavy (non-hydrogen) atoms. The molecule has 0 aliphatic heterocycles. The summed E-state index contributed by atoms with van der Waals surface area (Å²) in [6, 6.07) is 11.9. The van der Waals surface area contributed by atoms with Crippen molar-refractivity contribution >= 4 is 11.9 Å². The SMILES string of the molecule is CCOc1ccc([C@H](CC(=O)O)NC(=O)Cc2ccc(F)cc2)cc1. The Hall–Kier alpha value is -2.89. The van der Waals surface area contributed by atoms with Gasteiger partial charge in [-0.05, 0) is 42.3 Å². The zero-order valence-electron chi connectivity index (χ0n) is 13.9. The first-order chi connectivity index (χ1) is 12.0. The maximum Gasteiger partial charge on any atom is 0.305 e. The fraction of sp³-hybridized carbons (Fsp3) is 0.263. The zero-order valence-corrected chi connectivity index (χ0v) is 13.9. The molecule has 132 valence electrons. The van der Waals surface area contributed by atoms with Gasteiger partial charge in [0, 0.05) is 0 Å². The van der Waals surface area contributed by atoms with Crippen LogP contribution in [0.2, 0.25) is 0 Å². The first-order valence-corrected chi connectivity index (χ1v) is 7.96. The molecular weight excluding hydrogens is 325 g/mol. The van der Waals surface area contributed by atoms with Crippen molar-refractivity contribution in [2.45, 2.75) is 25.8 Å². The summed E-state index contributed by atoms with van der Waals surface area (Å²) < 4.78 is 18.3. The van der Waals surface area contributed by atoms with E-state index < -0.39 is 12.0 Å². The van der Waals surface area contributed by atoms with Gasteiger partial charge in [-0.2, -0.15) is 0 Å². The molecule has 5 nitrogen and oxygen atoms in total. The molecule has 1 atom stereocenters. The molecule has 0 aliphatic rings. The third-order valence-corrected chi connectivity index (χ3v) is 3.59. The van der Waals surface area contributed by atoms with Crippen molar-refractivity contribution in [2.24, 2.45) is 0 Å². The molecule has 2 N–H and O–H groups in total. The fourth-order valence-corrected chi connectivity index (χ4v) is 2.42. The number of carboxylic acids is 1. The number of ether oxygens (including phenoxy) is 1. The Morgan fingerprint density at radius 3 is 2.32 bits per heavy atom. The molecule has 0 spiro atoms. The zero-order chi connectivity index (χ0) is 18.2. The van der Waals surface area contributed by atoms with E-state index in [0.717, 1.165) is 0 Å². The molecule has 0 saturated carbocycles. The molecule has 0 unspecified atom stereocenters. The van der Waals surface area contributed by atoms with E-state index in [1.807, 2.05) is 6.92 Å². The molecule has 0 bridgehead atoms. The molecule has 0 aliphatic carbocycles. The van der Waals surface area contributed by atoms with Crippen molar-refractivity contribution in [3.63, 3.8) is 0 Å². The van der Waals surface area contributed by atoms with E-state index in [2.05, 4.69) is 5.32 Å². The van der Waals surface area contributed by atoms with E-state index in [9.17, 15) is 14.0 Å². The fourth-order valence-electron chi connectivity index (χ4n) is 2.42. The molecule has 0 saturated heterocycles. The predicted molar refractivity (Wildman–Crippen MR) is 90.9 cm³/mol. The van der Waals surface area contributed by atoms with Gasteiger partial charge in [0.05, 0.1) is 25.5 Å². The minimum Gasteiger partial charge on any atom is -0.494 e. The van der Waals surface area contributed by atoms with Gasteiger partial charge < -0.3 is 15.2 Å². The number of halogens is 1. The van der Waals surface area contributed by atoms with Crippen LogP contribution in [-0.4, -0.2) is 23.6 Å². The molecule has 0 fully saturated rings. The summed E-state index contributed by atoms with van der Waals surface area (Å²) >= 11 is 0. The van der Waals surface area contributed by atoms with E-state index in [-0.39, 0.29) is 24.6 Å². The number of hydrogen-bond donors (Lipinski definition) is 2. The molecule has 2 aromatic carbocycles. The Bertz CT molecular complexity index is 713. The number of nitrogens with one attached hydrogen (secondary N) is 1. The molecule has 0 aromatic heterocycles. The van der Waals surface area contributed by atoms with Crippen LogP contribution in [-0.2, 0) is 16.0 Å². The normalized spacial score (nSPS) is 11.6. The number of amides is 1. The lowest BCUT2D eigenvalue weighted by Crippen LogP contribution is -2.31. The van der Waals surface area contributed by atoms with E-state index in [0.29, 0.717) is 23.5 Å². The maximum absolute atomic E-state index is 12.9. The quantitative estimate of drug-likeness (QED) is 0.771. The van der Waals surface area contributed by atoms with Gasteiger partial charge in [-0.3, -0.25) is 9.59 Å². The summed E-state index contributed by atoms with van der Waals surface area (Å²) in [6.45, 7) is 2.41. The van der Waals surface area contributed by atoms with Crippen LogP contribution in [0.5, 0.6) is 5.75 Å². The highest BCUT2D eigenvalue weighted by Gasteiger charge is 2.18. The number of rotatable bonds is 8. The van der Waals surface area contributed by atoms with Crippen LogP contribution in [0.15, 0.2) is 48.5 Å². The Labute approximate surface area is 145 Å². The Morgan fingerprint density at radius 1 is 1.12 bits per heavy atom. The molecule has 1 amide bonds. The summed E-state index contributed by atoms with van der Waals surface area (Å²) in [6.07, 6.45) is -0.184. The number of aliphatic carboxylic acids is 1. The smallest absolute Gasteiger partial charge is 0.305 e. The van der Waals surface area contributed by atoms with Gasteiger partial charge in [0.2, 0.25) is 5.91 Å². The molecule has 0 heterocycles. The van der Waals surface area contributed by atoms with Crippen molar-refractivity contribution in [1.82, 2.24) is 5.32 Å². The van der Waals surface area contributed by atoms with Crippen LogP contribution in [0.25, 0.3) is 0 Å². The summed E-state index contributed by atoms with van der Waals surface area (Å²) in [4.78, 5) is 23.3. The first kappa shape index (κ1) is 18.4. The van der Waals surface area contributed by atoms with Gasteiger partial charge in [0.15, 0.2) is 0 Å². The number of carboxylic acid groups (broad SMARTS) is 1. The average molecular weight is 345 g/mol. The van der Waals surface area contributed by atoms with Crippen molar-refractivity contribution in [3.05, 3.63) is 65.5 Å². The summed E-state index contributed by atoms with van der Waals surface area (Å²) in [5.41, 5.74) is 1.33. The molecule has 2 rings (SSSR count). The van der Waals surface area contributed by atoms with Gasteiger partial charge in [-0.1, -0.05) is 24.3 Å². The van der Waals surface area contributed by atoms with Crippen LogP contribution < -0.4 is 10.1 Å². The van der Waals surface area contributed by atoms with Crippen molar-refractivity contribution in [3.8, 4) is 5.75 Å². The molecule has 0 radical (unpaired) electrons. The maximum atomic E-state index is 12.9. The van der Waals surface area contributed by atoms with Gasteiger partial charge in [0.1, 0.15) is 11.6 Å². The van der Waals surface area contributed by atoms with Crippen molar-refractivity contribution < 1.29 is 23.8 Å². The molecule has 6 heteroatoms. The van der Waals surface area contributed by atoms with Gasteiger partial charge >= 0.3 is 5.97 Å². The molecule has 2 aromatic rings. The van der Waals surface area contributed by atoms with Crippen molar-refractivity contribution in [2.75, 3.05) is 6.61 Å². The highest BCUT2D eigenvalue weighted by Crippen LogP contribution is 2.21. The van der Waals surface area contributed by atoms with Crippen LogP contribution >= 0.6 is 0 Å². The largest absolute Gasteiger partial charge is 0.494 e. The highest BCUT2D eigenvalue weighted by molar-refractivity contribution is 5.80. The van der Waals surface area contributed by atoms with E-state index >= 15 is 0 Å². The Kier molecular flexibility index (Phi) is 6.51. The van der Waals surface area contributed by atoms with Crippen LogP contribution in [0, 0.1) is 5.82 Å². The van der Waals surface area contributed by atoms with Crippen LogP contribution in [0.1, 0.15) is 30.5 Å². The van der Waals surface area contributed by atoms with Crippen molar-refractivity contribution in [1.29, 1.82) is 0 Å². The van der Waals surface area contributed by atoms with E-state index in [1.54, 1.807) is 24.3 Å².